The maximum absolute atomic E-state index is 13.0. The quantitative estimate of drug-likeness (QED) is 0.556. The van der Waals surface area contributed by atoms with Crippen molar-refractivity contribution in [2.24, 2.45) is 0 Å². The van der Waals surface area contributed by atoms with Crippen molar-refractivity contribution in [3.63, 3.8) is 0 Å². The summed E-state index contributed by atoms with van der Waals surface area (Å²) in [7, 11) is 0. The van der Waals surface area contributed by atoms with Crippen molar-refractivity contribution >= 4 is 40.7 Å². The van der Waals surface area contributed by atoms with E-state index in [1.165, 1.54) is 28.7 Å². The van der Waals surface area contributed by atoms with Crippen molar-refractivity contribution in [2.45, 2.75) is 49.2 Å². The molecule has 0 unspecified atom stereocenters. The van der Waals surface area contributed by atoms with Crippen LogP contribution < -0.4 is 4.90 Å². The van der Waals surface area contributed by atoms with Crippen molar-refractivity contribution in [3.8, 4) is 0 Å². The lowest BCUT2D eigenvalue weighted by molar-refractivity contribution is -0.142. The van der Waals surface area contributed by atoms with E-state index in [0.29, 0.717) is 12.3 Å². The molecule has 2 atom stereocenters. The molecule has 2 aromatic rings. The smallest absolute Gasteiger partial charge is 0.311 e. The minimum Gasteiger partial charge on any atom is -0.466 e. The standard InChI is InChI=1S/C19H22N2O3S2/c1-4-24-17(22)10-15-11-25-19(20-15)26-13(3)18(23)21-12(2)9-14-7-5-6-8-16(14)21/h5-8,11-13H,4,9-10H2,1-3H3/t12-,13+/m0/s1. The first-order valence-corrected chi connectivity index (χ1v) is 10.4. The van der Waals surface area contributed by atoms with Gasteiger partial charge in [0.2, 0.25) is 5.91 Å². The Balaban J connectivity index is 1.65. The van der Waals surface area contributed by atoms with Crippen LogP contribution >= 0.6 is 23.1 Å². The van der Waals surface area contributed by atoms with Crippen molar-refractivity contribution in [1.82, 2.24) is 4.98 Å². The molecule has 0 radical (unpaired) electrons. The molecule has 1 aromatic carbocycles. The van der Waals surface area contributed by atoms with E-state index in [1.54, 1.807) is 6.92 Å². The number of hydrogen-bond acceptors (Lipinski definition) is 6. The van der Waals surface area contributed by atoms with Crippen LogP contribution in [0.1, 0.15) is 32.0 Å². The van der Waals surface area contributed by atoms with Crippen molar-refractivity contribution in [1.29, 1.82) is 0 Å². The number of thioether (sulfide) groups is 1. The second kappa shape index (κ2) is 8.22. The van der Waals surface area contributed by atoms with E-state index in [-0.39, 0.29) is 29.6 Å². The van der Waals surface area contributed by atoms with Gasteiger partial charge in [0.25, 0.3) is 0 Å². The molecule has 7 heteroatoms. The predicted molar refractivity (Wildman–Crippen MR) is 105 cm³/mol. The van der Waals surface area contributed by atoms with Crippen LogP contribution in [0.2, 0.25) is 0 Å². The number of para-hydroxylation sites is 1. The lowest BCUT2D eigenvalue weighted by Gasteiger charge is -2.25. The molecular formula is C19H22N2O3S2. The zero-order chi connectivity index (χ0) is 18.7. The summed E-state index contributed by atoms with van der Waals surface area (Å²) in [5, 5.41) is 1.61. The minimum atomic E-state index is -0.277. The molecule has 3 rings (SSSR count). The van der Waals surface area contributed by atoms with Crippen LogP contribution in [0.25, 0.3) is 0 Å². The van der Waals surface area contributed by atoms with Gasteiger partial charge < -0.3 is 9.64 Å². The molecule has 1 aliphatic heterocycles. The van der Waals surface area contributed by atoms with Crippen LogP contribution in [0, 0.1) is 0 Å². The second-order valence-corrected chi connectivity index (χ2v) is 8.68. The Labute approximate surface area is 161 Å². The Morgan fingerprint density at radius 1 is 1.42 bits per heavy atom. The zero-order valence-corrected chi connectivity index (χ0v) is 16.7. The van der Waals surface area contributed by atoms with Gasteiger partial charge in [-0.15, -0.1) is 11.3 Å². The number of benzene rings is 1. The summed E-state index contributed by atoms with van der Waals surface area (Å²) in [6.07, 6.45) is 1.06. The molecular weight excluding hydrogens is 368 g/mol. The van der Waals surface area contributed by atoms with Gasteiger partial charge in [-0.05, 0) is 38.8 Å². The molecule has 26 heavy (non-hydrogen) atoms. The molecule has 1 amide bonds. The number of aromatic nitrogens is 1. The number of ether oxygens (including phenoxy) is 1. The first-order chi connectivity index (χ1) is 12.5. The molecule has 0 bridgehead atoms. The van der Waals surface area contributed by atoms with Gasteiger partial charge in [-0.25, -0.2) is 4.98 Å². The number of rotatable bonds is 6. The maximum Gasteiger partial charge on any atom is 0.311 e. The molecule has 0 N–H and O–H groups in total. The first-order valence-electron chi connectivity index (χ1n) is 8.67. The van der Waals surface area contributed by atoms with Gasteiger partial charge in [0, 0.05) is 17.1 Å². The number of esters is 1. The van der Waals surface area contributed by atoms with E-state index in [1.807, 2.05) is 35.4 Å². The average molecular weight is 391 g/mol. The largest absolute Gasteiger partial charge is 0.466 e. The zero-order valence-electron chi connectivity index (χ0n) is 15.1. The predicted octanol–water partition coefficient (Wildman–Crippen LogP) is 3.71. The number of hydrogen-bond donors (Lipinski definition) is 0. The number of anilines is 1. The lowest BCUT2D eigenvalue weighted by Crippen LogP contribution is -2.40. The molecule has 0 fully saturated rings. The molecule has 1 aliphatic rings. The lowest BCUT2D eigenvalue weighted by atomic mass is 10.1. The van der Waals surface area contributed by atoms with Gasteiger partial charge in [-0.2, -0.15) is 0 Å². The maximum atomic E-state index is 13.0. The van der Waals surface area contributed by atoms with Crippen LogP contribution in [0.3, 0.4) is 0 Å². The highest BCUT2D eigenvalue weighted by molar-refractivity contribution is 8.02. The van der Waals surface area contributed by atoms with Crippen molar-refractivity contribution in [3.05, 3.63) is 40.9 Å². The van der Waals surface area contributed by atoms with Crippen molar-refractivity contribution in [2.75, 3.05) is 11.5 Å². The number of thiazole rings is 1. The van der Waals surface area contributed by atoms with Crippen LogP contribution in [-0.4, -0.2) is 34.8 Å². The molecule has 0 saturated carbocycles. The van der Waals surface area contributed by atoms with Gasteiger partial charge in [0.1, 0.15) is 0 Å². The Bertz CT molecular complexity index is 806. The Morgan fingerprint density at radius 3 is 2.96 bits per heavy atom. The van der Waals surface area contributed by atoms with Gasteiger partial charge in [-0.3, -0.25) is 9.59 Å². The molecule has 138 valence electrons. The Kier molecular flexibility index (Phi) is 5.98. The van der Waals surface area contributed by atoms with Gasteiger partial charge in [0.05, 0.1) is 24.0 Å². The third kappa shape index (κ3) is 4.10. The van der Waals surface area contributed by atoms with Gasteiger partial charge in [0.15, 0.2) is 4.34 Å². The fraction of sp³-hybridized carbons (Fsp3) is 0.421. The fourth-order valence-electron chi connectivity index (χ4n) is 3.08. The second-order valence-electron chi connectivity index (χ2n) is 6.24. The van der Waals surface area contributed by atoms with Crippen LogP contribution in [0.15, 0.2) is 34.0 Å². The molecule has 5 nitrogen and oxygen atoms in total. The van der Waals surface area contributed by atoms with Crippen LogP contribution in [-0.2, 0) is 27.2 Å². The summed E-state index contributed by atoms with van der Waals surface area (Å²) in [5.41, 5.74) is 2.92. The fourth-order valence-corrected chi connectivity index (χ4v) is 5.11. The monoisotopic (exact) mass is 390 g/mol. The average Bonchev–Trinajstić information content (AvgIpc) is 3.17. The molecule has 0 saturated heterocycles. The highest BCUT2D eigenvalue weighted by Crippen LogP contribution is 2.35. The Hall–Kier alpha value is -1.86. The minimum absolute atomic E-state index is 0.0922. The summed E-state index contributed by atoms with van der Waals surface area (Å²) in [6, 6.07) is 8.24. The number of amides is 1. The highest BCUT2D eigenvalue weighted by atomic mass is 32.2. The molecule has 1 aromatic heterocycles. The third-order valence-electron chi connectivity index (χ3n) is 4.23. The summed E-state index contributed by atoms with van der Waals surface area (Å²) < 4.78 is 5.74. The molecule has 2 heterocycles. The summed E-state index contributed by atoms with van der Waals surface area (Å²) >= 11 is 2.90. The first kappa shape index (κ1) is 18.9. The number of fused-ring (bicyclic) bond motifs is 1. The van der Waals surface area contributed by atoms with E-state index in [4.69, 9.17) is 4.74 Å². The normalized spacial score (nSPS) is 17.0. The molecule has 0 spiro atoms. The van der Waals surface area contributed by atoms with E-state index in [0.717, 1.165) is 16.4 Å². The Morgan fingerprint density at radius 2 is 2.19 bits per heavy atom. The topological polar surface area (TPSA) is 59.5 Å². The van der Waals surface area contributed by atoms with E-state index < -0.39 is 0 Å². The summed E-state index contributed by atoms with van der Waals surface area (Å²) in [4.78, 5) is 30.9. The van der Waals surface area contributed by atoms with E-state index in [9.17, 15) is 9.59 Å². The highest BCUT2D eigenvalue weighted by Gasteiger charge is 2.33. The van der Waals surface area contributed by atoms with E-state index >= 15 is 0 Å². The summed E-state index contributed by atoms with van der Waals surface area (Å²) in [5.74, 6) is -0.185. The van der Waals surface area contributed by atoms with Crippen molar-refractivity contribution < 1.29 is 14.3 Å². The third-order valence-corrected chi connectivity index (χ3v) is 6.34. The number of nitrogens with zero attached hydrogens (tertiary/aromatic N) is 2. The molecule has 0 aliphatic carbocycles. The SMILES string of the molecule is CCOC(=O)Cc1csc(S[C@H](C)C(=O)N2c3ccccc3C[C@@H]2C)n1. The van der Waals surface area contributed by atoms with Crippen LogP contribution in [0.5, 0.6) is 0 Å². The number of carbonyl (C=O) groups is 2. The van der Waals surface area contributed by atoms with Gasteiger partial charge >= 0.3 is 5.97 Å². The summed E-state index contributed by atoms with van der Waals surface area (Å²) in [6.45, 7) is 6.14. The van der Waals surface area contributed by atoms with Gasteiger partial charge in [-0.1, -0.05) is 30.0 Å². The van der Waals surface area contributed by atoms with Crippen LogP contribution in [0.4, 0.5) is 5.69 Å². The van der Waals surface area contributed by atoms with E-state index in [2.05, 4.69) is 18.0 Å². The number of carbonyl (C=O) groups excluding carboxylic acids is 2.